The molecule has 3 rings (SSSR count). The highest BCUT2D eigenvalue weighted by Gasteiger charge is 2.10. The maximum Gasteiger partial charge on any atom is 0.333 e. The van der Waals surface area contributed by atoms with Gasteiger partial charge in [0.25, 0.3) is 5.56 Å². The van der Waals surface area contributed by atoms with Crippen LogP contribution in [0.4, 0.5) is 5.69 Å². The first kappa shape index (κ1) is 18.1. The van der Waals surface area contributed by atoms with E-state index in [1.807, 2.05) is 30.3 Å². The number of hydrogen-bond acceptors (Lipinski definition) is 5. The molecule has 0 spiro atoms. The molecule has 0 aliphatic rings. The number of rotatable bonds is 5. The normalized spacial score (nSPS) is 10.3. The summed E-state index contributed by atoms with van der Waals surface area (Å²) in [6.45, 7) is 1.09. The molecule has 27 heavy (non-hydrogen) atoms. The summed E-state index contributed by atoms with van der Waals surface area (Å²) in [5, 5.41) is 6.85. The number of anilines is 1. The molecule has 0 saturated carbocycles. The van der Waals surface area contributed by atoms with Crippen LogP contribution in [-0.2, 0) is 16.1 Å². The van der Waals surface area contributed by atoms with Gasteiger partial charge in [0.2, 0.25) is 5.91 Å². The van der Waals surface area contributed by atoms with E-state index in [2.05, 4.69) is 10.4 Å². The van der Waals surface area contributed by atoms with Crippen molar-refractivity contribution < 1.29 is 14.3 Å². The number of aromatic nitrogens is 2. The molecule has 7 heteroatoms. The third-order valence-electron chi connectivity index (χ3n) is 3.62. The van der Waals surface area contributed by atoms with Crippen molar-refractivity contribution in [3.05, 3.63) is 77.1 Å². The largest absolute Gasteiger partial charge is 0.425 e. The lowest BCUT2D eigenvalue weighted by atomic mass is 10.1. The van der Waals surface area contributed by atoms with Gasteiger partial charge in [0.05, 0.1) is 5.69 Å². The van der Waals surface area contributed by atoms with E-state index in [0.717, 1.165) is 10.2 Å². The molecule has 7 nitrogen and oxygen atoms in total. The Balaban J connectivity index is 1.70. The second kappa shape index (κ2) is 8.09. The molecule has 3 aromatic rings. The van der Waals surface area contributed by atoms with Crippen molar-refractivity contribution in [1.82, 2.24) is 9.78 Å². The summed E-state index contributed by atoms with van der Waals surface area (Å²) in [6, 6.07) is 18.7. The van der Waals surface area contributed by atoms with Gasteiger partial charge in [-0.2, -0.15) is 5.10 Å². The fourth-order valence-electron chi connectivity index (χ4n) is 2.42. The Labute approximate surface area is 155 Å². The number of amides is 1. The minimum Gasteiger partial charge on any atom is -0.425 e. The Morgan fingerprint density at radius 1 is 1.00 bits per heavy atom. The quantitative estimate of drug-likeness (QED) is 0.555. The second-order valence-electron chi connectivity index (χ2n) is 5.76. The SMILES string of the molecule is CC(=O)Nc1ccc(OC(=O)Cn2nc(-c3ccccc3)ccc2=O)cc1. The molecule has 1 aromatic heterocycles. The lowest BCUT2D eigenvalue weighted by Gasteiger charge is -2.08. The smallest absolute Gasteiger partial charge is 0.333 e. The third-order valence-corrected chi connectivity index (χ3v) is 3.62. The predicted octanol–water partition coefficient (Wildman–Crippen LogP) is 2.47. The number of carbonyl (C=O) groups excluding carboxylic acids is 2. The van der Waals surface area contributed by atoms with E-state index in [0.29, 0.717) is 17.1 Å². The van der Waals surface area contributed by atoms with Gasteiger partial charge in [-0.3, -0.25) is 9.59 Å². The van der Waals surface area contributed by atoms with Crippen molar-refractivity contribution in [2.75, 3.05) is 5.32 Å². The molecule has 0 saturated heterocycles. The monoisotopic (exact) mass is 363 g/mol. The molecular weight excluding hydrogens is 346 g/mol. The van der Waals surface area contributed by atoms with E-state index in [1.165, 1.54) is 13.0 Å². The van der Waals surface area contributed by atoms with Gasteiger partial charge < -0.3 is 10.1 Å². The van der Waals surface area contributed by atoms with Crippen LogP contribution in [-0.4, -0.2) is 21.7 Å². The number of nitrogens with one attached hydrogen (secondary N) is 1. The van der Waals surface area contributed by atoms with E-state index in [-0.39, 0.29) is 12.5 Å². The van der Waals surface area contributed by atoms with Gasteiger partial charge in [-0.05, 0) is 30.3 Å². The van der Waals surface area contributed by atoms with Crippen molar-refractivity contribution in [3.8, 4) is 17.0 Å². The highest BCUT2D eigenvalue weighted by atomic mass is 16.5. The van der Waals surface area contributed by atoms with Crippen LogP contribution < -0.4 is 15.6 Å². The molecule has 2 aromatic carbocycles. The molecule has 0 aliphatic carbocycles. The first-order chi connectivity index (χ1) is 13.0. The first-order valence-corrected chi connectivity index (χ1v) is 8.23. The summed E-state index contributed by atoms with van der Waals surface area (Å²) >= 11 is 0. The Kier molecular flexibility index (Phi) is 5.41. The third kappa shape index (κ3) is 4.88. The van der Waals surface area contributed by atoms with Crippen molar-refractivity contribution >= 4 is 17.6 Å². The number of ether oxygens (including phenoxy) is 1. The van der Waals surface area contributed by atoms with Gasteiger partial charge >= 0.3 is 5.97 Å². The summed E-state index contributed by atoms with van der Waals surface area (Å²) in [6.07, 6.45) is 0. The molecule has 0 unspecified atom stereocenters. The number of nitrogens with zero attached hydrogens (tertiary/aromatic N) is 2. The number of benzene rings is 2. The van der Waals surface area contributed by atoms with Gasteiger partial charge in [0, 0.05) is 24.2 Å². The van der Waals surface area contributed by atoms with Crippen LogP contribution in [0.15, 0.2) is 71.5 Å². The van der Waals surface area contributed by atoms with Crippen LogP contribution in [0.1, 0.15) is 6.92 Å². The zero-order valence-electron chi connectivity index (χ0n) is 14.6. The Hall–Kier alpha value is -3.74. The standard InChI is InChI=1S/C20H17N3O4/c1-14(24)21-16-7-9-17(10-8-16)27-20(26)13-23-19(25)12-11-18(22-23)15-5-3-2-4-6-15/h2-12H,13H2,1H3,(H,21,24). The Morgan fingerprint density at radius 2 is 1.70 bits per heavy atom. The molecule has 0 aliphatic heterocycles. The maximum atomic E-state index is 12.2. The molecular formula is C20H17N3O4. The van der Waals surface area contributed by atoms with Crippen molar-refractivity contribution in [2.24, 2.45) is 0 Å². The second-order valence-corrected chi connectivity index (χ2v) is 5.76. The van der Waals surface area contributed by atoms with Crippen LogP contribution in [0.25, 0.3) is 11.3 Å². The topological polar surface area (TPSA) is 90.3 Å². The highest BCUT2D eigenvalue weighted by molar-refractivity contribution is 5.88. The maximum absolute atomic E-state index is 12.2. The van der Waals surface area contributed by atoms with Crippen LogP contribution >= 0.6 is 0 Å². The Bertz CT molecular complexity index is 1010. The van der Waals surface area contributed by atoms with E-state index < -0.39 is 11.5 Å². The van der Waals surface area contributed by atoms with Crippen molar-refractivity contribution in [3.63, 3.8) is 0 Å². The fourth-order valence-corrected chi connectivity index (χ4v) is 2.42. The average Bonchev–Trinajstić information content (AvgIpc) is 2.65. The van der Waals surface area contributed by atoms with Gasteiger partial charge in [0.15, 0.2) is 0 Å². The minimum absolute atomic E-state index is 0.191. The summed E-state index contributed by atoms with van der Waals surface area (Å²) in [5.41, 5.74) is 1.62. The van der Waals surface area contributed by atoms with E-state index in [4.69, 9.17) is 4.74 Å². The lowest BCUT2D eigenvalue weighted by molar-refractivity contribution is -0.135. The summed E-state index contributed by atoms with van der Waals surface area (Å²) < 4.78 is 6.29. The molecule has 0 atom stereocenters. The van der Waals surface area contributed by atoms with Crippen LogP contribution in [0.5, 0.6) is 5.75 Å². The van der Waals surface area contributed by atoms with Crippen molar-refractivity contribution in [2.45, 2.75) is 13.5 Å². The zero-order chi connectivity index (χ0) is 19.2. The number of carbonyl (C=O) groups is 2. The first-order valence-electron chi connectivity index (χ1n) is 8.23. The van der Waals surface area contributed by atoms with Gasteiger partial charge in [-0.25, -0.2) is 9.48 Å². The zero-order valence-corrected chi connectivity index (χ0v) is 14.6. The summed E-state index contributed by atoms with van der Waals surface area (Å²) in [5.74, 6) is -0.507. The van der Waals surface area contributed by atoms with Crippen molar-refractivity contribution in [1.29, 1.82) is 0 Å². The van der Waals surface area contributed by atoms with Crippen LogP contribution in [0, 0.1) is 0 Å². The van der Waals surface area contributed by atoms with E-state index in [9.17, 15) is 14.4 Å². The summed E-state index contributed by atoms with van der Waals surface area (Å²) in [7, 11) is 0. The van der Waals surface area contributed by atoms with E-state index in [1.54, 1.807) is 30.3 Å². The lowest BCUT2D eigenvalue weighted by Crippen LogP contribution is -2.28. The predicted molar refractivity (Wildman–Crippen MR) is 100 cm³/mol. The molecule has 0 radical (unpaired) electrons. The van der Waals surface area contributed by atoms with Crippen LogP contribution in [0.2, 0.25) is 0 Å². The summed E-state index contributed by atoms with van der Waals surface area (Å²) in [4.78, 5) is 35.1. The number of hydrogen-bond donors (Lipinski definition) is 1. The van der Waals surface area contributed by atoms with Gasteiger partial charge in [-0.15, -0.1) is 0 Å². The molecule has 1 N–H and O–H groups in total. The molecule has 136 valence electrons. The molecule has 1 heterocycles. The van der Waals surface area contributed by atoms with E-state index >= 15 is 0 Å². The highest BCUT2D eigenvalue weighted by Crippen LogP contribution is 2.16. The number of esters is 1. The van der Waals surface area contributed by atoms with Gasteiger partial charge in [0.1, 0.15) is 12.3 Å². The molecule has 1 amide bonds. The fraction of sp³-hybridized carbons (Fsp3) is 0.100. The molecule has 0 fully saturated rings. The Morgan fingerprint density at radius 3 is 2.37 bits per heavy atom. The van der Waals surface area contributed by atoms with Crippen LogP contribution in [0.3, 0.4) is 0 Å². The minimum atomic E-state index is -0.623. The van der Waals surface area contributed by atoms with Gasteiger partial charge in [-0.1, -0.05) is 30.3 Å². The average molecular weight is 363 g/mol. The molecule has 0 bridgehead atoms.